The van der Waals surface area contributed by atoms with Crippen LogP contribution in [0.1, 0.15) is 11.1 Å². The zero-order chi connectivity index (χ0) is 15.5. The van der Waals surface area contributed by atoms with Crippen LogP contribution in [0.5, 0.6) is 0 Å². The molecule has 0 bridgehead atoms. The van der Waals surface area contributed by atoms with E-state index in [1.165, 1.54) is 11.1 Å². The Bertz CT molecular complexity index is 560. The highest BCUT2D eigenvalue weighted by Gasteiger charge is 1.95. The SMILES string of the molecule is S=C(SCC=Cc1ccccc1)SCC=Cc1ccccc1. The average Bonchev–Trinajstić information content (AvgIpc) is 2.57. The maximum Gasteiger partial charge on any atom is 0.104 e. The maximum atomic E-state index is 5.37. The monoisotopic (exact) mass is 342 g/mol. The van der Waals surface area contributed by atoms with Crippen molar-refractivity contribution in [2.75, 3.05) is 11.5 Å². The van der Waals surface area contributed by atoms with Crippen molar-refractivity contribution in [1.82, 2.24) is 0 Å². The molecule has 0 saturated heterocycles. The summed E-state index contributed by atoms with van der Waals surface area (Å²) in [6.45, 7) is 0. The first-order valence-corrected chi connectivity index (χ1v) is 9.45. The van der Waals surface area contributed by atoms with E-state index in [0.717, 1.165) is 15.0 Å². The number of hydrogen-bond acceptors (Lipinski definition) is 3. The molecule has 0 aliphatic carbocycles. The number of hydrogen-bond donors (Lipinski definition) is 0. The fourth-order valence-corrected chi connectivity index (χ4v) is 3.58. The second-order valence-corrected chi connectivity index (χ2v) is 7.74. The van der Waals surface area contributed by atoms with Gasteiger partial charge in [0.25, 0.3) is 0 Å². The summed E-state index contributed by atoms with van der Waals surface area (Å²) >= 11 is 8.80. The van der Waals surface area contributed by atoms with Gasteiger partial charge in [-0.1, -0.05) is 97.2 Å². The van der Waals surface area contributed by atoms with Crippen LogP contribution < -0.4 is 0 Å². The first-order valence-electron chi connectivity index (χ1n) is 7.07. The molecule has 0 nitrogen and oxygen atoms in total. The number of thiocarbonyl (C=S) groups is 1. The van der Waals surface area contributed by atoms with Gasteiger partial charge < -0.3 is 0 Å². The summed E-state index contributed by atoms with van der Waals surface area (Å²) in [5.74, 6) is 1.84. The van der Waals surface area contributed by atoms with Gasteiger partial charge in [-0.3, -0.25) is 0 Å². The van der Waals surface area contributed by atoms with Crippen molar-refractivity contribution in [3.63, 3.8) is 0 Å². The summed E-state index contributed by atoms with van der Waals surface area (Å²) in [5.41, 5.74) is 2.46. The Hall–Kier alpha value is -1.29. The molecule has 0 unspecified atom stereocenters. The fourth-order valence-electron chi connectivity index (χ4n) is 1.77. The van der Waals surface area contributed by atoms with Crippen molar-refractivity contribution < 1.29 is 0 Å². The predicted octanol–water partition coefficient (Wildman–Crippen LogP) is 6.16. The minimum Gasteiger partial charge on any atom is -0.104 e. The third-order valence-electron chi connectivity index (χ3n) is 2.81. The third-order valence-corrected chi connectivity index (χ3v) is 5.42. The summed E-state index contributed by atoms with van der Waals surface area (Å²) in [6.07, 6.45) is 8.59. The van der Waals surface area contributed by atoms with E-state index in [2.05, 4.69) is 48.6 Å². The summed E-state index contributed by atoms with van der Waals surface area (Å²) in [6, 6.07) is 20.6. The number of rotatable bonds is 6. The van der Waals surface area contributed by atoms with Gasteiger partial charge in [-0.2, -0.15) is 0 Å². The van der Waals surface area contributed by atoms with Gasteiger partial charge in [-0.25, -0.2) is 0 Å². The van der Waals surface area contributed by atoms with Crippen LogP contribution in [0.3, 0.4) is 0 Å². The Morgan fingerprint density at radius 3 is 1.55 bits per heavy atom. The zero-order valence-corrected chi connectivity index (χ0v) is 14.7. The first-order chi connectivity index (χ1) is 10.8. The van der Waals surface area contributed by atoms with E-state index in [9.17, 15) is 0 Å². The van der Waals surface area contributed by atoms with Crippen LogP contribution in [0.25, 0.3) is 12.2 Å². The number of benzene rings is 2. The number of thioether (sulfide) groups is 2. The fraction of sp³-hybridized carbons (Fsp3) is 0.105. The van der Waals surface area contributed by atoms with Gasteiger partial charge in [-0.05, 0) is 11.1 Å². The van der Waals surface area contributed by atoms with Gasteiger partial charge in [0.1, 0.15) is 3.53 Å². The molecule has 2 rings (SSSR count). The highest BCUT2D eigenvalue weighted by molar-refractivity contribution is 8.47. The Labute approximate surface area is 146 Å². The smallest absolute Gasteiger partial charge is 0.104 e. The molecule has 0 saturated carbocycles. The van der Waals surface area contributed by atoms with E-state index < -0.39 is 0 Å². The van der Waals surface area contributed by atoms with Crippen molar-refractivity contribution in [3.05, 3.63) is 83.9 Å². The molecule has 0 aliphatic rings. The van der Waals surface area contributed by atoms with Crippen LogP contribution in [0.4, 0.5) is 0 Å². The lowest BCUT2D eigenvalue weighted by Gasteiger charge is -1.98. The van der Waals surface area contributed by atoms with Crippen LogP contribution in [-0.4, -0.2) is 15.0 Å². The van der Waals surface area contributed by atoms with Crippen molar-refractivity contribution in [1.29, 1.82) is 0 Å². The van der Waals surface area contributed by atoms with E-state index >= 15 is 0 Å². The van der Waals surface area contributed by atoms with E-state index in [-0.39, 0.29) is 0 Å². The molecule has 0 amide bonds. The molecule has 0 N–H and O–H groups in total. The quantitative estimate of drug-likeness (QED) is 0.577. The molecule has 22 heavy (non-hydrogen) atoms. The van der Waals surface area contributed by atoms with E-state index in [1.54, 1.807) is 23.5 Å². The minimum absolute atomic E-state index is 0.920. The molecule has 0 spiro atoms. The highest BCUT2D eigenvalue weighted by atomic mass is 32.2. The lowest BCUT2D eigenvalue weighted by Crippen LogP contribution is -1.83. The van der Waals surface area contributed by atoms with Gasteiger partial charge in [0, 0.05) is 11.5 Å². The molecule has 0 radical (unpaired) electrons. The van der Waals surface area contributed by atoms with Crippen molar-refractivity contribution in [2.45, 2.75) is 0 Å². The molecular formula is C19H18S3. The second-order valence-electron chi connectivity index (χ2n) is 4.50. The summed E-state index contributed by atoms with van der Waals surface area (Å²) in [4.78, 5) is 0. The van der Waals surface area contributed by atoms with Gasteiger partial charge in [0.15, 0.2) is 0 Å². The van der Waals surface area contributed by atoms with Crippen LogP contribution in [0.2, 0.25) is 0 Å². The predicted molar refractivity (Wildman–Crippen MR) is 108 cm³/mol. The normalized spacial score (nSPS) is 11.3. The average molecular weight is 343 g/mol. The Kier molecular flexibility index (Phi) is 8.10. The Morgan fingerprint density at radius 2 is 1.14 bits per heavy atom. The van der Waals surface area contributed by atoms with Gasteiger partial charge in [0.05, 0.1) is 0 Å². The highest BCUT2D eigenvalue weighted by Crippen LogP contribution is 2.18. The topological polar surface area (TPSA) is 0 Å². The third kappa shape index (κ3) is 7.12. The molecular weight excluding hydrogens is 324 g/mol. The first kappa shape index (κ1) is 17.1. The van der Waals surface area contributed by atoms with E-state index in [0.29, 0.717) is 0 Å². The molecule has 0 atom stereocenters. The molecule has 0 fully saturated rings. The molecule has 0 heterocycles. The molecule has 0 aromatic heterocycles. The molecule has 112 valence electrons. The Morgan fingerprint density at radius 1 is 0.727 bits per heavy atom. The van der Waals surface area contributed by atoms with Crippen LogP contribution in [-0.2, 0) is 0 Å². The second kappa shape index (κ2) is 10.4. The molecule has 0 aliphatic heterocycles. The van der Waals surface area contributed by atoms with Crippen LogP contribution >= 0.6 is 35.7 Å². The maximum absolute atomic E-state index is 5.37. The lowest BCUT2D eigenvalue weighted by atomic mass is 10.2. The van der Waals surface area contributed by atoms with Gasteiger partial charge >= 0.3 is 0 Å². The van der Waals surface area contributed by atoms with Crippen molar-refractivity contribution >= 4 is 51.4 Å². The minimum atomic E-state index is 0.920. The summed E-state index contributed by atoms with van der Waals surface area (Å²) < 4.78 is 0.996. The molecule has 3 heteroatoms. The van der Waals surface area contributed by atoms with Crippen molar-refractivity contribution in [3.8, 4) is 0 Å². The molecule has 2 aromatic carbocycles. The van der Waals surface area contributed by atoms with Crippen LogP contribution in [0.15, 0.2) is 72.8 Å². The van der Waals surface area contributed by atoms with Crippen LogP contribution in [0, 0.1) is 0 Å². The zero-order valence-electron chi connectivity index (χ0n) is 12.2. The Balaban J connectivity index is 1.62. The van der Waals surface area contributed by atoms with Gasteiger partial charge in [0.2, 0.25) is 0 Å². The summed E-state index contributed by atoms with van der Waals surface area (Å²) in [5, 5.41) is 0. The summed E-state index contributed by atoms with van der Waals surface area (Å²) in [7, 11) is 0. The standard InChI is InChI=1S/C19H18S3/c20-19(21-15-7-13-17-9-3-1-4-10-17)22-16-8-14-18-11-5-2-6-12-18/h1-14H,15-16H2. The van der Waals surface area contributed by atoms with Gasteiger partial charge in [-0.15, -0.1) is 23.5 Å². The van der Waals surface area contributed by atoms with E-state index in [4.69, 9.17) is 12.2 Å². The molecule has 2 aromatic rings. The van der Waals surface area contributed by atoms with E-state index in [1.807, 2.05) is 36.4 Å². The lowest BCUT2D eigenvalue weighted by molar-refractivity contribution is 1.65. The van der Waals surface area contributed by atoms with Crippen molar-refractivity contribution in [2.24, 2.45) is 0 Å². The largest absolute Gasteiger partial charge is 0.104 e.